The second-order valence-corrected chi connectivity index (χ2v) is 6.36. The fourth-order valence-electron chi connectivity index (χ4n) is 3.21. The van der Waals surface area contributed by atoms with Crippen molar-refractivity contribution in [1.29, 1.82) is 5.26 Å². The van der Waals surface area contributed by atoms with Crippen molar-refractivity contribution < 1.29 is 9.47 Å². The monoisotopic (exact) mass is 316 g/mol. The van der Waals surface area contributed by atoms with Gasteiger partial charge >= 0.3 is 0 Å². The Hall–Kier alpha value is -1.84. The quantitative estimate of drug-likeness (QED) is 0.828. The molecule has 0 radical (unpaired) electrons. The van der Waals surface area contributed by atoms with Crippen molar-refractivity contribution in [2.24, 2.45) is 0 Å². The molecule has 6 heteroatoms. The molecule has 0 saturated carbocycles. The van der Waals surface area contributed by atoms with E-state index >= 15 is 0 Å². The molecule has 6 nitrogen and oxygen atoms in total. The predicted octanol–water partition coefficient (Wildman–Crippen LogP) is 1.71. The lowest BCUT2D eigenvalue weighted by Crippen LogP contribution is -2.43. The second-order valence-electron chi connectivity index (χ2n) is 6.36. The molecule has 2 aliphatic heterocycles. The molecule has 3 rings (SSSR count). The highest BCUT2D eigenvalue weighted by Gasteiger charge is 2.25. The molecule has 2 atom stereocenters. The first kappa shape index (κ1) is 16.0. The van der Waals surface area contributed by atoms with Crippen molar-refractivity contribution >= 4 is 11.6 Å². The molecule has 2 unspecified atom stereocenters. The van der Waals surface area contributed by atoms with Gasteiger partial charge in [0.15, 0.2) is 0 Å². The number of aryl methyl sites for hydroxylation is 1. The number of hydrogen-bond acceptors (Lipinski definition) is 6. The van der Waals surface area contributed by atoms with Gasteiger partial charge in [-0.1, -0.05) is 0 Å². The SMILES string of the molecule is Cc1cc(N2CCOC(C)C2)nc(N2CCOC(C)C2)c1C#N. The normalized spacial score (nSPS) is 25.3. The van der Waals surface area contributed by atoms with Crippen LogP contribution in [0.15, 0.2) is 6.07 Å². The number of pyridine rings is 1. The molecule has 2 fully saturated rings. The van der Waals surface area contributed by atoms with Crippen molar-refractivity contribution in [2.75, 3.05) is 49.2 Å². The Morgan fingerprint density at radius 3 is 2.35 bits per heavy atom. The summed E-state index contributed by atoms with van der Waals surface area (Å²) in [5.41, 5.74) is 1.65. The summed E-state index contributed by atoms with van der Waals surface area (Å²) < 4.78 is 11.2. The molecular weight excluding hydrogens is 292 g/mol. The van der Waals surface area contributed by atoms with Crippen LogP contribution in [0.5, 0.6) is 0 Å². The van der Waals surface area contributed by atoms with Crippen LogP contribution in [0.3, 0.4) is 0 Å². The van der Waals surface area contributed by atoms with Crippen LogP contribution in [0.4, 0.5) is 11.6 Å². The van der Waals surface area contributed by atoms with Gasteiger partial charge in [0.2, 0.25) is 0 Å². The van der Waals surface area contributed by atoms with Crippen LogP contribution in [-0.4, -0.2) is 56.6 Å². The first-order valence-corrected chi connectivity index (χ1v) is 8.23. The van der Waals surface area contributed by atoms with Crippen molar-refractivity contribution in [3.05, 3.63) is 17.2 Å². The van der Waals surface area contributed by atoms with E-state index in [0.29, 0.717) is 18.8 Å². The number of nitrogens with zero attached hydrogens (tertiary/aromatic N) is 4. The molecule has 3 heterocycles. The van der Waals surface area contributed by atoms with Gasteiger partial charge in [-0.15, -0.1) is 0 Å². The van der Waals surface area contributed by atoms with E-state index in [0.717, 1.165) is 43.4 Å². The number of ether oxygens (including phenoxy) is 2. The summed E-state index contributed by atoms with van der Waals surface area (Å²) in [6.07, 6.45) is 0.359. The Morgan fingerprint density at radius 1 is 1.13 bits per heavy atom. The molecule has 1 aromatic heterocycles. The molecule has 0 bridgehead atoms. The van der Waals surface area contributed by atoms with E-state index in [9.17, 15) is 5.26 Å². The van der Waals surface area contributed by atoms with Crippen molar-refractivity contribution in [3.63, 3.8) is 0 Å². The van der Waals surface area contributed by atoms with Gasteiger partial charge in [0.1, 0.15) is 17.7 Å². The largest absolute Gasteiger partial charge is 0.375 e. The van der Waals surface area contributed by atoms with Gasteiger partial charge in [-0.25, -0.2) is 4.98 Å². The lowest BCUT2D eigenvalue weighted by molar-refractivity contribution is 0.0524. The van der Waals surface area contributed by atoms with Crippen LogP contribution in [0.1, 0.15) is 25.0 Å². The Morgan fingerprint density at radius 2 is 1.74 bits per heavy atom. The molecule has 2 aliphatic rings. The average Bonchev–Trinajstić information content (AvgIpc) is 2.54. The summed E-state index contributed by atoms with van der Waals surface area (Å²) in [4.78, 5) is 9.26. The summed E-state index contributed by atoms with van der Waals surface area (Å²) in [5.74, 6) is 1.72. The van der Waals surface area contributed by atoms with Crippen LogP contribution < -0.4 is 9.80 Å². The van der Waals surface area contributed by atoms with E-state index in [1.54, 1.807) is 0 Å². The van der Waals surface area contributed by atoms with Gasteiger partial charge < -0.3 is 19.3 Å². The van der Waals surface area contributed by atoms with Crippen molar-refractivity contribution in [2.45, 2.75) is 33.0 Å². The smallest absolute Gasteiger partial charge is 0.149 e. The van der Waals surface area contributed by atoms with Crippen LogP contribution in [-0.2, 0) is 9.47 Å². The van der Waals surface area contributed by atoms with E-state index < -0.39 is 0 Å². The number of hydrogen-bond donors (Lipinski definition) is 0. The van der Waals surface area contributed by atoms with Crippen molar-refractivity contribution in [1.82, 2.24) is 4.98 Å². The van der Waals surface area contributed by atoms with Gasteiger partial charge in [-0.3, -0.25) is 0 Å². The molecule has 2 saturated heterocycles. The molecule has 124 valence electrons. The standard InChI is InChI=1S/C17H24N4O2/c1-12-8-16(20-4-6-22-13(2)10-20)19-17(15(12)9-18)21-5-7-23-14(3)11-21/h8,13-14H,4-7,10-11H2,1-3H3. The minimum absolute atomic E-state index is 0.157. The average molecular weight is 316 g/mol. The zero-order chi connectivity index (χ0) is 16.4. The highest BCUT2D eigenvalue weighted by molar-refractivity contribution is 5.63. The minimum Gasteiger partial charge on any atom is -0.375 e. The van der Waals surface area contributed by atoms with Gasteiger partial charge in [-0.2, -0.15) is 5.26 Å². The van der Waals surface area contributed by atoms with E-state index in [-0.39, 0.29) is 12.2 Å². The minimum atomic E-state index is 0.157. The van der Waals surface area contributed by atoms with E-state index in [1.807, 2.05) is 13.0 Å². The zero-order valence-electron chi connectivity index (χ0n) is 14.1. The fourth-order valence-corrected chi connectivity index (χ4v) is 3.21. The first-order valence-electron chi connectivity index (χ1n) is 8.23. The summed E-state index contributed by atoms with van der Waals surface area (Å²) in [5, 5.41) is 9.56. The summed E-state index contributed by atoms with van der Waals surface area (Å²) in [6.45, 7) is 10.7. The number of morpholine rings is 2. The van der Waals surface area contributed by atoms with Crippen molar-refractivity contribution in [3.8, 4) is 6.07 Å². The van der Waals surface area contributed by atoms with Crippen LogP contribution in [0.25, 0.3) is 0 Å². The van der Waals surface area contributed by atoms with Gasteiger partial charge in [0, 0.05) is 26.2 Å². The number of anilines is 2. The Balaban J connectivity index is 1.95. The number of aromatic nitrogens is 1. The summed E-state index contributed by atoms with van der Waals surface area (Å²) in [6, 6.07) is 4.34. The van der Waals surface area contributed by atoms with Gasteiger partial charge in [0.25, 0.3) is 0 Å². The maximum absolute atomic E-state index is 9.56. The zero-order valence-corrected chi connectivity index (χ0v) is 14.1. The molecular formula is C17H24N4O2. The topological polar surface area (TPSA) is 61.6 Å². The van der Waals surface area contributed by atoms with Crippen LogP contribution >= 0.6 is 0 Å². The maximum Gasteiger partial charge on any atom is 0.149 e. The summed E-state index contributed by atoms with van der Waals surface area (Å²) >= 11 is 0. The van der Waals surface area contributed by atoms with E-state index in [2.05, 4.69) is 29.7 Å². The summed E-state index contributed by atoms with van der Waals surface area (Å²) in [7, 11) is 0. The Labute approximate surface area is 137 Å². The highest BCUT2D eigenvalue weighted by atomic mass is 16.5. The third-order valence-electron chi connectivity index (χ3n) is 4.40. The third kappa shape index (κ3) is 3.41. The lowest BCUT2D eigenvalue weighted by atomic mass is 10.1. The molecule has 0 aliphatic carbocycles. The molecule has 0 N–H and O–H groups in total. The molecule has 23 heavy (non-hydrogen) atoms. The van der Waals surface area contributed by atoms with Crippen LogP contribution in [0.2, 0.25) is 0 Å². The second kappa shape index (κ2) is 6.73. The van der Waals surface area contributed by atoms with Gasteiger partial charge in [0.05, 0.1) is 31.0 Å². The number of rotatable bonds is 2. The molecule has 0 spiro atoms. The maximum atomic E-state index is 9.56. The molecule has 1 aromatic rings. The van der Waals surface area contributed by atoms with Gasteiger partial charge in [-0.05, 0) is 32.4 Å². The lowest BCUT2D eigenvalue weighted by Gasteiger charge is -2.35. The van der Waals surface area contributed by atoms with Crippen LogP contribution in [0, 0.1) is 18.3 Å². The third-order valence-corrected chi connectivity index (χ3v) is 4.40. The first-order chi connectivity index (χ1) is 11.1. The molecule has 0 amide bonds. The van der Waals surface area contributed by atoms with E-state index in [1.165, 1.54) is 0 Å². The van der Waals surface area contributed by atoms with E-state index in [4.69, 9.17) is 14.5 Å². The highest BCUT2D eigenvalue weighted by Crippen LogP contribution is 2.28. The predicted molar refractivity (Wildman–Crippen MR) is 88.9 cm³/mol. The molecule has 0 aromatic carbocycles. The fraction of sp³-hybridized carbons (Fsp3) is 0.647. The Kier molecular flexibility index (Phi) is 4.69. The Bertz CT molecular complexity index is 613. The number of nitriles is 1.